The van der Waals surface area contributed by atoms with E-state index in [0.717, 1.165) is 37.7 Å². The summed E-state index contributed by atoms with van der Waals surface area (Å²) in [5, 5.41) is 0. The van der Waals surface area contributed by atoms with Gasteiger partial charge in [-0.05, 0) is 48.3 Å². The topological polar surface area (TPSA) is 54.5 Å². The van der Waals surface area contributed by atoms with E-state index in [-0.39, 0.29) is 34.7 Å². The molecule has 0 aromatic heterocycles. The number of benzene rings is 1. The monoisotopic (exact) mass is 411 g/mol. The Morgan fingerprint density at radius 2 is 1.60 bits per heavy atom. The van der Waals surface area contributed by atoms with E-state index in [1.165, 1.54) is 4.90 Å². The van der Waals surface area contributed by atoms with Crippen molar-refractivity contribution in [2.75, 3.05) is 4.90 Å². The molecule has 30 heavy (non-hydrogen) atoms. The Bertz CT molecular complexity index is 776. The van der Waals surface area contributed by atoms with Crippen molar-refractivity contribution in [2.45, 2.75) is 85.5 Å². The highest BCUT2D eigenvalue weighted by Crippen LogP contribution is 2.39. The number of rotatable bonds is 10. The summed E-state index contributed by atoms with van der Waals surface area (Å²) in [4.78, 5) is 39.2. The van der Waals surface area contributed by atoms with Gasteiger partial charge in [0.1, 0.15) is 0 Å². The summed E-state index contributed by atoms with van der Waals surface area (Å²) in [5.74, 6) is -0.0399. The molecule has 1 heterocycles. The fourth-order valence-electron chi connectivity index (χ4n) is 4.98. The minimum Gasteiger partial charge on any atom is -0.311 e. The molecule has 0 aliphatic carbocycles. The van der Waals surface area contributed by atoms with Crippen molar-refractivity contribution in [1.29, 1.82) is 0 Å². The SMILES string of the molecule is BC(=O)C(C)(C)CC(C)(C)c1ccc(N2C(=O)CC(C(CCC)CCC)C2=O)cc1. The fourth-order valence-corrected chi connectivity index (χ4v) is 4.98. The molecule has 164 valence electrons. The Hall–Kier alpha value is -1.91. The second-order valence-corrected chi connectivity index (χ2v) is 10.3. The number of carbonyl (C=O) groups is 3. The van der Waals surface area contributed by atoms with Crippen molar-refractivity contribution >= 4 is 31.0 Å². The zero-order valence-electron chi connectivity index (χ0n) is 19.9. The molecule has 1 fully saturated rings. The van der Waals surface area contributed by atoms with Crippen LogP contribution in [-0.4, -0.2) is 25.3 Å². The van der Waals surface area contributed by atoms with Gasteiger partial charge in [0.05, 0.1) is 17.3 Å². The maximum atomic E-state index is 13.1. The third kappa shape index (κ3) is 5.22. The lowest BCUT2D eigenvalue weighted by atomic mass is 9.66. The van der Waals surface area contributed by atoms with E-state index in [4.69, 9.17) is 0 Å². The molecule has 4 nitrogen and oxygen atoms in total. The Morgan fingerprint density at radius 3 is 2.07 bits per heavy atom. The van der Waals surface area contributed by atoms with Crippen LogP contribution in [0.25, 0.3) is 0 Å². The lowest BCUT2D eigenvalue weighted by Gasteiger charge is -2.34. The summed E-state index contributed by atoms with van der Waals surface area (Å²) in [6, 6.07) is 7.75. The van der Waals surface area contributed by atoms with Gasteiger partial charge in [-0.3, -0.25) is 14.5 Å². The van der Waals surface area contributed by atoms with E-state index >= 15 is 0 Å². The maximum Gasteiger partial charge on any atom is 0.237 e. The first kappa shape index (κ1) is 24.4. The average molecular weight is 411 g/mol. The van der Waals surface area contributed by atoms with Gasteiger partial charge in [0, 0.05) is 11.8 Å². The van der Waals surface area contributed by atoms with Gasteiger partial charge in [0.25, 0.3) is 0 Å². The van der Waals surface area contributed by atoms with E-state index < -0.39 is 5.41 Å². The molecule has 1 aromatic carbocycles. The predicted molar refractivity (Wildman–Crippen MR) is 125 cm³/mol. The number of hydrogen-bond acceptors (Lipinski definition) is 3. The molecule has 1 saturated heterocycles. The second kappa shape index (κ2) is 9.49. The molecule has 0 radical (unpaired) electrons. The molecule has 1 atom stereocenters. The lowest BCUT2D eigenvalue weighted by molar-refractivity contribution is -0.123. The van der Waals surface area contributed by atoms with E-state index in [2.05, 4.69) is 27.7 Å². The van der Waals surface area contributed by atoms with Crippen LogP contribution >= 0.6 is 0 Å². The first-order valence-electron chi connectivity index (χ1n) is 11.4. The molecule has 2 rings (SSSR count). The predicted octanol–water partition coefficient (Wildman–Crippen LogP) is 4.64. The fraction of sp³-hybridized carbons (Fsp3) is 0.640. The van der Waals surface area contributed by atoms with Gasteiger partial charge >= 0.3 is 0 Å². The molecule has 0 spiro atoms. The number of nitrogens with zero attached hydrogens (tertiary/aromatic N) is 1. The van der Waals surface area contributed by atoms with Crippen molar-refractivity contribution in [3.63, 3.8) is 0 Å². The van der Waals surface area contributed by atoms with Crippen LogP contribution in [-0.2, 0) is 19.8 Å². The molecule has 2 amide bonds. The minimum absolute atomic E-state index is 0.0448. The third-order valence-electron chi connectivity index (χ3n) is 6.81. The van der Waals surface area contributed by atoms with Gasteiger partial charge in [-0.1, -0.05) is 66.5 Å². The highest BCUT2D eigenvalue weighted by atomic mass is 16.2. The van der Waals surface area contributed by atoms with Crippen LogP contribution in [0.1, 0.15) is 85.6 Å². The van der Waals surface area contributed by atoms with Crippen LogP contribution in [0.2, 0.25) is 0 Å². The molecule has 1 aliphatic rings. The average Bonchev–Trinajstić information content (AvgIpc) is 2.95. The van der Waals surface area contributed by atoms with E-state index in [1.54, 1.807) is 7.85 Å². The standard InChI is InChI=1S/C25H38BNO3/c1-7-9-17(10-8-2)20-15-21(28)27(22(20)29)19-13-11-18(12-14-19)24(3,4)16-25(5,6)23(26)30/h11-14,17,20H,7-10,15-16,26H2,1-6H3. The summed E-state index contributed by atoms with van der Waals surface area (Å²) in [6.45, 7) is 12.5. The number of hydrogen-bond donors (Lipinski definition) is 0. The Balaban J connectivity index is 2.22. The molecular weight excluding hydrogens is 373 g/mol. The third-order valence-corrected chi connectivity index (χ3v) is 6.81. The summed E-state index contributed by atoms with van der Waals surface area (Å²) in [7, 11) is 1.64. The second-order valence-electron chi connectivity index (χ2n) is 10.3. The maximum absolute atomic E-state index is 13.1. The van der Waals surface area contributed by atoms with Crippen molar-refractivity contribution in [3.05, 3.63) is 29.8 Å². The zero-order valence-corrected chi connectivity index (χ0v) is 19.9. The van der Waals surface area contributed by atoms with E-state index in [0.29, 0.717) is 12.1 Å². The quantitative estimate of drug-likeness (QED) is 0.417. The largest absolute Gasteiger partial charge is 0.311 e. The van der Waals surface area contributed by atoms with Gasteiger partial charge in [0.2, 0.25) is 11.8 Å². The molecule has 1 unspecified atom stereocenters. The van der Waals surface area contributed by atoms with Crippen LogP contribution in [0.5, 0.6) is 0 Å². The first-order valence-corrected chi connectivity index (χ1v) is 11.4. The van der Waals surface area contributed by atoms with E-state index in [1.807, 2.05) is 38.1 Å². The molecular formula is C25H38BNO3. The zero-order chi connectivity index (χ0) is 22.7. The smallest absolute Gasteiger partial charge is 0.237 e. The van der Waals surface area contributed by atoms with Crippen LogP contribution < -0.4 is 4.90 Å². The molecule has 5 heteroatoms. The minimum atomic E-state index is -0.399. The van der Waals surface area contributed by atoms with Gasteiger partial charge < -0.3 is 4.79 Å². The van der Waals surface area contributed by atoms with Crippen LogP contribution in [0.4, 0.5) is 5.69 Å². The molecule has 1 aliphatic heterocycles. The van der Waals surface area contributed by atoms with Gasteiger partial charge in [-0.25, -0.2) is 0 Å². The van der Waals surface area contributed by atoms with Crippen LogP contribution in [0.15, 0.2) is 24.3 Å². The summed E-state index contributed by atoms with van der Waals surface area (Å²) < 4.78 is 0. The first-order chi connectivity index (χ1) is 13.9. The lowest BCUT2D eigenvalue weighted by Crippen LogP contribution is -2.33. The Kier molecular flexibility index (Phi) is 7.71. The van der Waals surface area contributed by atoms with E-state index in [9.17, 15) is 14.4 Å². The van der Waals surface area contributed by atoms with Gasteiger partial charge in [0.15, 0.2) is 7.85 Å². The summed E-state index contributed by atoms with van der Waals surface area (Å²) >= 11 is 0. The summed E-state index contributed by atoms with van der Waals surface area (Å²) in [5.41, 5.74) is 1.35. The Morgan fingerprint density at radius 1 is 1.07 bits per heavy atom. The molecule has 0 N–H and O–H groups in total. The van der Waals surface area contributed by atoms with Crippen molar-refractivity contribution in [3.8, 4) is 0 Å². The van der Waals surface area contributed by atoms with Crippen molar-refractivity contribution in [2.24, 2.45) is 17.3 Å². The van der Waals surface area contributed by atoms with Crippen LogP contribution in [0, 0.1) is 17.3 Å². The molecule has 1 aromatic rings. The highest BCUT2D eigenvalue weighted by molar-refractivity contribution is 6.58. The number of anilines is 1. The summed E-state index contributed by atoms with van der Waals surface area (Å²) in [6.07, 6.45) is 5.10. The van der Waals surface area contributed by atoms with Crippen LogP contribution in [0.3, 0.4) is 0 Å². The molecule has 0 saturated carbocycles. The van der Waals surface area contributed by atoms with Gasteiger partial charge in [-0.15, -0.1) is 0 Å². The Labute approximate surface area is 183 Å². The number of imide groups is 1. The molecule has 0 bridgehead atoms. The van der Waals surface area contributed by atoms with Gasteiger partial charge in [-0.2, -0.15) is 0 Å². The number of carbonyl (C=O) groups excluding carboxylic acids is 3. The number of amides is 2. The highest BCUT2D eigenvalue weighted by Gasteiger charge is 2.43. The normalized spacial score (nSPS) is 17.8. The van der Waals surface area contributed by atoms with Crippen molar-refractivity contribution < 1.29 is 14.4 Å². The van der Waals surface area contributed by atoms with Crippen molar-refractivity contribution in [1.82, 2.24) is 0 Å².